The van der Waals surface area contributed by atoms with Gasteiger partial charge in [0.05, 0.1) is 36.3 Å². The summed E-state index contributed by atoms with van der Waals surface area (Å²) in [5.74, 6) is -5.44. The summed E-state index contributed by atoms with van der Waals surface area (Å²) < 4.78 is 22.5. The van der Waals surface area contributed by atoms with E-state index >= 15 is 0 Å². The van der Waals surface area contributed by atoms with Gasteiger partial charge in [-0.25, -0.2) is 4.79 Å². The number of nitrogens with zero attached hydrogens (tertiary/aromatic N) is 2. The molecule has 0 bridgehead atoms. The maximum Gasteiger partial charge on any atom is 0.325 e. The van der Waals surface area contributed by atoms with E-state index in [0.717, 1.165) is 11.8 Å². The highest BCUT2D eigenvalue weighted by Gasteiger charge is 2.54. The fourth-order valence-corrected chi connectivity index (χ4v) is 10.5. The van der Waals surface area contributed by atoms with Gasteiger partial charge in [-0.15, -0.1) is 11.8 Å². The lowest BCUT2D eigenvalue weighted by Gasteiger charge is -2.48. The fraction of sp³-hybridized carbons (Fsp3) is 0.707. The van der Waals surface area contributed by atoms with Gasteiger partial charge in [-0.1, -0.05) is 30.3 Å². The summed E-state index contributed by atoms with van der Waals surface area (Å²) in [6.07, 6.45) is -14.4. The van der Waals surface area contributed by atoms with E-state index in [1.165, 1.54) is 17.0 Å². The number of nitrogens with one attached hydrogen (secondary N) is 4. The number of thioether (sulfide) groups is 1. The van der Waals surface area contributed by atoms with Gasteiger partial charge < -0.3 is 93.4 Å². The van der Waals surface area contributed by atoms with Gasteiger partial charge >= 0.3 is 23.8 Å². The number of imide groups is 1. The van der Waals surface area contributed by atoms with E-state index in [4.69, 9.17) is 41.9 Å². The van der Waals surface area contributed by atoms with Gasteiger partial charge in [-0.3, -0.25) is 34.2 Å². The van der Waals surface area contributed by atoms with Crippen LogP contribution < -0.4 is 44.2 Å². The number of likely N-dealkylation sites (N-methyl/N-ethyl adjacent to an activating group) is 1. The number of urea groups is 1. The van der Waals surface area contributed by atoms with E-state index in [1.807, 2.05) is 0 Å². The van der Waals surface area contributed by atoms with E-state index in [9.17, 15) is 59.4 Å². The second-order valence-electron chi connectivity index (χ2n) is 17.9. The van der Waals surface area contributed by atoms with E-state index < -0.39 is 156 Å². The average Bonchev–Trinajstić information content (AvgIpc) is 3.62. The molecule has 4 aliphatic heterocycles. The lowest BCUT2D eigenvalue weighted by atomic mass is 9.84. The van der Waals surface area contributed by atoms with Crippen LogP contribution in [0, 0.1) is 0 Å². The van der Waals surface area contributed by atoms with Crippen LogP contribution in [0.4, 0.5) is 4.79 Å². The average molecular weight is 985 g/mol. The van der Waals surface area contributed by atoms with Crippen molar-refractivity contribution in [1.82, 2.24) is 31.1 Å². The maximum atomic E-state index is 14.6. The molecule has 5 fully saturated rings. The van der Waals surface area contributed by atoms with Crippen molar-refractivity contribution in [3.05, 3.63) is 35.9 Å². The first kappa shape index (κ1) is 53.2. The molecule has 27 heteroatoms. The molecule has 68 heavy (non-hydrogen) atoms. The number of aliphatic carboxylic acids is 1. The highest BCUT2D eigenvalue weighted by Crippen LogP contribution is 2.40. The Morgan fingerprint density at radius 1 is 0.868 bits per heavy atom. The van der Waals surface area contributed by atoms with E-state index in [2.05, 4.69) is 21.3 Å². The molecule has 4 heterocycles. The van der Waals surface area contributed by atoms with Gasteiger partial charge in [0.15, 0.2) is 12.6 Å². The molecular weight excluding hydrogens is 921 g/mol. The van der Waals surface area contributed by atoms with Crippen molar-refractivity contribution in [1.29, 1.82) is 0 Å². The number of benzene rings is 1. The molecule has 0 radical (unpaired) electrons. The lowest BCUT2D eigenvalue weighted by Crippen LogP contribution is -2.70. The number of carbonyl (C=O) groups is 6. The first-order valence-corrected chi connectivity index (χ1v) is 23.2. The van der Waals surface area contributed by atoms with Crippen molar-refractivity contribution in [2.45, 2.75) is 147 Å². The largest absolute Gasteiger partial charge is 0.480 e. The number of carboxylic acid groups (broad SMARTS) is 1. The number of carbonyl (C=O) groups excluding carboxylic acids is 5. The molecule has 18 atom stereocenters. The quantitative estimate of drug-likeness (QED) is 0.0727. The second kappa shape index (κ2) is 22.3. The fourth-order valence-electron chi connectivity index (χ4n) is 8.98. The molecule has 6 rings (SSSR count). The standard InChI is InChI=1S/C41H64N10O16S/c1-4-50-10-11-51(36(60)35(50)59)40(63)48-23(16-8-6-5-7-9-16)32(57)47-25(34-49-31(37(61)62)41(2,3)68-34)33(58)46-24-26(54)22(15-52)65-39(27(24)55)67-30-18(44)12-17(43)29(28(30)56)66-38-19(45)13-20(53)21(14-42)64-38/h5-9,17-31,34,38-39,49,52-56H,4,10-15,42-45H2,1-3H3,(H,46,58)(H,47,57)(H,48,63)(H,61,62)/t17-,18+,19+,20-,21+,22+,23-,24-,25+,26+,27+,28-,29+,30-,31-,34+,38+,39+/m0/s1. The molecule has 1 aromatic carbocycles. The van der Waals surface area contributed by atoms with E-state index in [-0.39, 0.29) is 44.6 Å². The normalized spacial score (nSPS) is 37.2. The number of piperazine rings is 1. The second-order valence-corrected chi connectivity index (χ2v) is 19.7. The molecule has 0 aromatic heterocycles. The molecule has 1 aliphatic carbocycles. The molecule has 18 N–H and O–H groups in total. The summed E-state index contributed by atoms with van der Waals surface area (Å²) in [4.78, 5) is 82.6. The first-order chi connectivity index (χ1) is 32.1. The van der Waals surface area contributed by atoms with E-state index in [1.54, 1.807) is 39.0 Å². The highest BCUT2D eigenvalue weighted by atomic mass is 32.2. The van der Waals surface area contributed by atoms with Gasteiger partial charge in [-0.2, -0.15) is 0 Å². The molecular formula is C41H64N10O16S. The van der Waals surface area contributed by atoms with Crippen LogP contribution in [0.3, 0.4) is 0 Å². The minimum atomic E-state index is -1.98. The zero-order chi connectivity index (χ0) is 49.9. The zero-order valence-electron chi connectivity index (χ0n) is 37.6. The van der Waals surface area contributed by atoms with Crippen LogP contribution in [0.1, 0.15) is 45.2 Å². The Balaban J connectivity index is 1.24. The minimum absolute atomic E-state index is 0.0121. The monoisotopic (exact) mass is 984 g/mol. The SMILES string of the molecule is CCN1CCN(C(=O)N[C@H](C(=O)N[C@H](C(=O)N[C@@H]2[C@@H](O)[C@@H](O[C@@H]3[C@@H](O)[C@H](O[C@H]4O[C@H](CN)[C@@H](O)C[C@H]4N)[C@@H](N)C[C@H]3N)O[C@H](CO)[C@H]2O)[C@@H]2N[C@@H](C(=O)O)C(C)(C)S2)c2ccccc2)C(=O)C1=O. The third-order valence-electron chi connectivity index (χ3n) is 12.9. The van der Waals surface area contributed by atoms with Crippen molar-refractivity contribution in [2.24, 2.45) is 22.9 Å². The molecule has 380 valence electrons. The topological polar surface area (TPSA) is 419 Å². The highest BCUT2D eigenvalue weighted by molar-refractivity contribution is 8.01. The summed E-state index contributed by atoms with van der Waals surface area (Å²) in [6, 6.07) is -2.51. The van der Waals surface area contributed by atoms with Crippen molar-refractivity contribution >= 4 is 47.4 Å². The minimum Gasteiger partial charge on any atom is -0.480 e. The van der Waals surface area contributed by atoms with Crippen LogP contribution in [0.2, 0.25) is 0 Å². The Bertz CT molecular complexity index is 1980. The summed E-state index contributed by atoms with van der Waals surface area (Å²) >= 11 is 0.973. The van der Waals surface area contributed by atoms with Crippen LogP contribution in [0.5, 0.6) is 0 Å². The van der Waals surface area contributed by atoms with Crippen LogP contribution in [0.25, 0.3) is 0 Å². The number of nitrogens with two attached hydrogens (primary N) is 4. The van der Waals surface area contributed by atoms with Crippen molar-refractivity contribution < 1.29 is 78.4 Å². The molecule has 0 spiro atoms. The van der Waals surface area contributed by atoms with Crippen molar-refractivity contribution in [3.8, 4) is 0 Å². The van der Waals surface area contributed by atoms with Crippen LogP contribution in [-0.4, -0.2) is 217 Å². The Morgan fingerprint density at radius 3 is 2.09 bits per heavy atom. The van der Waals surface area contributed by atoms with E-state index in [0.29, 0.717) is 4.90 Å². The molecule has 1 aromatic rings. The smallest absolute Gasteiger partial charge is 0.325 e. The summed E-state index contributed by atoms with van der Waals surface area (Å²) in [7, 11) is 0. The number of rotatable bonds is 15. The molecule has 5 aliphatic rings. The number of ether oxygens (including phenoxy) is 4. The van der Waals surface area contributed by atoms with Gasteiger partial charge in [0.1, 0.15) is 54.7 Å². The third kappa shape index (κ3) is 11.4. The molecule has 0 unspecified atom stereocenters. The lowest BCUT2D eigenvalue weighted by molar-refractivity contribution is -0.316. The zero-order valence-corrected chi connectivity index (χ0v) is 38.4. The van der Waals surface area contributed by atoms with Gasteiger partial charge in [0.2, 0.25) is 11.8 Å². The Kier molecular flexibility index (Phi) is 17.4. The van der Waals surface area contributed by atoms with Gasteiger partial charge in [0, 0.05) is 43.0 Å². The predicted molar refractivity (Wildman–Crippen MR) is 236 cm³/mol. The van der Waals surface area contributed by atoms with Gasteiger partial charge in [-0.05, 0) is 39.2 Å². The van der Waals surface area contributed by atoms with Crippen molar-refractivity contribution in [2.75, 3.05) is 32.8 Å². The number of hydrogen-bond acceptors (Lipinski definition) is 21. The predicted octanol–water partition coefficient (Wildman–Crippen LogP) is -6.62. The Hall–Kier alpha value is -4.17. The van der Waals surface area contributed by atoms with Crippen LogP contribution in [-0.2, 0) is 42.9 Å². The third-order valence-corrected chi connectivity index (χ3v) is 14.4. The Morgan fingerprint density at radius 2 is 1.50 bits per heavy atom. The summed E-state index contributed by atoms with van der Waals surface area (Å²) in [5.41, 5.74) is 24.9. The van der Waals surface area contributed by atoms with Crippen LogP contribution >= 0.6 is 11.8 Å². The first-order valence-electron chi connectivity index (χ1n) is 22.3. The number of aliphatic hydroxyl groups is 5. The number of aliphatic hydroxyl groups excluding tert-OH is 5. The number of amides is 6. The van der Waals surface area contributed by atoms with Crippen molar-refractivity contribution in [3.63, 3.8) is 0 Å². The molecule has 26 nitrogen and oxygen atoms in total. The summed E-state index contributed by atoms with van der Waals surface area (Å²) in [5, 5.41) is 74.6. The number of carboxylic acids is 1. The maximum absolute atomic E-state index is 14.6. The van der Waals surface area contributed by atoms with Crippen LogP contribution in [0.15, 0.2) is 30.3 Å². The number of hydrogen-bond donors (Lipinski definition) is 14. The molecule has 6 amide bonds. The summed E-state index contributed by atoms with van der Waals surface area (Å²) in [6.45, 7) is 4.00. The van der Waals surface area contributed by atoms with Gasteiger partial charge in [0.25, 0.3) is 0 Å². The molecule has 4 saturated heterocycles. The molecule has 1 saturated carbocycles. The Labute approximate surface area is 395 Å².